The first-order chi connectivity index (χ1) is 3.21. The molecular formula is C3H2Cl2O2. The van der Waals surface area contributed by atoms with Gasteiger partial charge in [-0.1, -0.05) is 23.2 Å². The predicted molar refractivity (Wildman–Crippen MR) is 25.7 cm³/mol. The SMILES string of the molecule is ClC1(Cl)C=COO1. The summed E-state index contributed by atoms with van der Waals surface area (Å²) in [5.41, 5.74) is 0. The molecule has 0 atom stereocenters. The highest BCUT2D eigenvalue weighted by molar-refractivity contribution is 6.48. The van der Waals surface area contributed by atoms with Crippen molar-refractivity contribution in [3.8, 4) is 0 Å². The molecule has 0 N–H and O–H groups in total. The molecule has 1 rings (SSSR count). The van der Waals surface area contributed by atoms with Gasteiger partial charge < -0.3 is 4.89 Å². The minimum Gasteiger partial charge on any atom is -0.342 e. The third-order valence-electron chi connectivity index (χ3n) is 0.477. The fourth-order valence-electron chi connectivity index (χ4n) is 0.227. The van der Waals surface area contributed by atoms with Crippen LogP contribution in [0.3, 0.4) is 0 Å². The minimum absolute atomic E-state index is 1.26. The van der Waals surface area contributed by atoms with Crippen LogP contribution >= 0.6 is 23.2 Å². The smallest absolute Gasteiger partial charge is 0.283 e. The molecule has 1 heterocycles. The Kier molecular flexibility index (Phi) is 1.15. The zero-order valence-corrected chi connectivity index (χ0v) is 4.74. The summed E-state index contributed by atoms with van der Waals surface area (Å²) >= 11 is 10.6. The second kappa shape index (κ2) is 1.54. The van der Waals surface area contributed by atoms with Gasteiger partial charge in [0.25, 0.3) is 4.52 Å². The lowest BCUT2D eigenvalue weighted by Gasteiger charge is -2.02. The summed E-state index contributed by atoms with van der Waals surface area (Å²) in [6.07, 6.45) is 2.66. The van der Waals surface area contributed by atoms with Crippen molar-refractivity contribution in [3.05, 3.63) is 12.3 Å². The predicted octanol–water partition coefficient (Wildman–Crippen LogP) is 1.59. The lowest BCUT2D eigenvalue weighted by Crippen LogP contribution is -2.06. The maximum absolute atomic E-state index is 5.30. The Balaban J connectivity index is 2.57. The molecule has 0 aromatic rings. The van der Waals surface area contributed by atoms with Gasteiger partial charge in [-0.05, 0) is 0 Å². The third-order valence-corrected chi connectivity index (χ3v) is 0.855. The quantitative estimate of drug-likeness (QED) is 0.376. The average molecular weight is 141 g/mol. The van der Waals surface area contributed by atoms with Crippen LogP contribution in [0.4, 0.5) is 0 Å². The van der Waals surface area contributed by atoms with Gasteiger partial charge in [0.05, 0.1) is 0 Å². The fourth-order valence-corrected chi connectivity index (χ4v) is 0.402. The highest BCUT2D eigenvalue weighted by atomic mass is 35.5. The normalized spacial score (nSPS) is 24.9. The first-order valence-electron chi connectivity index (χ1n) is 1.61. The van der Waals surface area contributed by atoms with Crippen LogP contribution in [0.5, 0.6) is 0 Å². The Bertz CT molecular complexity index is 99.1. The molecule has 4 heteroatoms. The Morgan fingerprint density at radius 1 is 1.43 bits per heavy atom. The van der Waals surface area contributed by atoms with Crippen molar-refractivity contribution in [2.24, 2.45) is 0 Å². The second-order valence-electron chi connectivity index (χ2n) is 1.04. The van der Waals surface area contributed by atoms with Crippen molar-refractivity contribution in [2.75, 3.05) is 0 Å². The van der Waals surface area contributed by atoms with Gasteiger partial charge in [0.2, 0.25) is 0 Å². The number of hydrogen-bond donors (Lipinski definition) is 0. The summed E-state index contributed by atoms with van der Waals surface area (Å²) in [6, 6.07) is 0. The van der Waals surface area contributed by atoms with E-state index in [1.807, 2.05) is 0 Å². The Hall–Kier alpha value is 0.0800. The van der Waals surface area contributed by atoms with Gasteiger partial charge in [0.15, 0.2) is 0 Å². The molecule has 0 unspecified atom stereocenters. The van der Waals surface area contributed by atoms with E-state index in [4.69, 9.17) is 23.2 Å². The maximum Gasteiger partial charge on any atom is 0.283 e. The summed E-state index contributed by atoms with van der Waals surface area (Å²) in [6.45, 7) is 0. The van der Waals surface area contributed by atoms with Crippen LogP contribution in [0.2, 0.25) is 0 Å². The highest BCUT2D eigenvalue weighted by Crippen LogP contribution is 2.28. The molecule has 0 saturated heterocycles. The van der Waals surface area contributed by atoms with E-state index < -0.39 is 4.52 Å². The van der Waals surface area contributed by atoms with Crippen molar-refractivity contribution in [1.82, 2.24) is 0 Å². The number of hydrogen-bond acceptors (Lipinski definition) is 2. The van der Waals surface area contributed by atoms with Crippen molar-refractivity contribution in [1.29, 1.82) is 0 Å². The standard InChI is InChI=1S/C3H2Cl2O2/c4-3(5)1-2-6-7-3/h1-2H. The highest BCUT2D eigenvalue weighted by Gasteiger charge is 2.26. The monoisotopic (exact) mass is 140 g/mol. The van der Waals surface area contributed by atoms with E-state index in [1.165, 1.54) is 12.3 Å². The van der Waals surface area contributed by atoms with Gasteiger partial charge in [0, 0.05) is 6.08 Å². The van der Waals surface area contributed by atoms with Gasteiger partial charge in [-0.3, -0.25) is 0 Å². The minimum atomic E-state index is -1.26. The van der Waals surface area contributed by atoms with Gasteiger partial charge in [-0.25, -0.2) is 0 Å². The van der Waals surface area contributed by atoms with Crippen LogP contribution < -0.4 is 0 Å². The second-order valence-corrected chi connectivity index (χ2v) is 2.36. The molecule has 1 aliphatic rings. The molecule has 0 radical (unpaired) electrons. The third kappa shape index (κ3) is 1.23. The van der Waals surface area contributed by atoms with Crippen molar-refractivity contribution in [3.63, 3.8) is 0 Å². The molecule has 2 nitrogen and oxygen atoms in total. The van der Waals surface area contributed by atoms with E-state index in [0.29, 0.717) is 0 Å². The Labute approximate surface area is 50.5 Å². The average Bonchev–Trinajstić information content (AvgIpc) is 1.84. The molecule has 40 valence electrons. The molecule has 0 aliphatic carbocycles. The van der Waals surface area contributed by atoms with Gasteiger partial charge >= 0.3 is 0 Å². The molecule has 0 aromatic carbocycles. The molecular weight excluding hydrogens is 139 g/mol. The summed E-state index contributed by atoms with van der Waals surface area (Å²) < 4.78 is -1.26. The van der Waals surface area contributed by atoms with Crippen molar-refractivity contribution < 1.29 is 9.78 Å². The maximum atomic E-state index is 5.30. The van der Waals surface area contributed by atoms with Crippen LogP contribution in [0.25, 0.3) is 0 Å². The van der Waals surface area contributed by atoms with E-state index in [0.717, 1.165) is 0 Å². The van der Waals surface area contributed by atoms with Crippen LogP contribution in [0.1, 0.15) is 0 Å². The number of halogens is 2. The first-order valence-corrected chi connectivity index (χ1v) is 2.36. The molecule has 7 heavy (non-hydrogen) atoms. The zero-order chi connectivity index (χ0) is 5.33. The fraction of sp³-hybridized carbons (Fsp3) is 0.333. The molecule has 1 aliphatic heterocycles. The molecule has 0 amide bonds. The van der Waals surface area contributed by atoms with E-state index in [2.05, 4.69) is 9.78 Å². The van der Waals surface area contributed by atoms with Crippen LogP contribution in [0.15, 0.2) is 12.3 Å². The van der Waals surface area contributed by atoms with Gasteiger partial charge in [-0.15, -0.1) is 4.89 Å². The lowest BCUT2D eigenvalue weighted by atomic mass is 10.7. The van der Waals surface area contributed by atoms with Gasteiger partial charge in [-0.2, -0.15) is 0 Å². The molecule has 0 bridgehead atoms. The Morgan fingerprint density at radius 3 is 2.29 bits per heavy atom. The summed E-state index contributed by atoms with van der Waals surface area (Å²) in [7, 11) is 0. The largest absolute Gasteiger partial charge is 0.342 e. The van der Waals surface area contributed by atoms with E-state index in [1.54, 1.807) is 0 Å². The van der Waals surface area contributed by atoms with Crippen LogP contribution in [-0.2, 0) is 9.78 Å². The Morgan fingerprint density at radius 2 is 2.14 bits per heavy atom. The molecule has 0 saturated carbocycles. The first kappa shape index (κ1) is 5.22. The number of rotatable bonds is 0. The van der Waals surface area contributed by atoms with Crippen molar-refractivity contribution in [2.45, 2.75) is 4.52 Å². The van der Waals surface area contributed by atoms with E-state index >= 15 is 0 Å². The van der Waals surface area contributed by atoms with E-state index in [9.17, 15) is 0 Å². The summed E-state index contributed by atoms with van der Waals surface area (Å²) in [5, 5.41) is 0. The van der Waals surface area contributed by atoms with Gasteiger partial charge in [0.1, 0.15) is 6.26 Å². The molecule has 0 aromatic heterocycles. The number of alkyl halides is 2. The topological polar surface area (TPSA) is 18.5 Å². The van der Waals surface area contributed by atoms with Crippen LogP contribution in [0, 0.1) is 0 Å². The lowest BCUT2D eigenvalue weighted by molar-refractivity contribution is -0.245. The van der Waals surface area contributed by atoms with Crippen molar-refractivity contribution >= 4 is 23.2 Å². The summed E-state index contributed by atoms with van der Waals surface area (Å²) in [5.74, 6) is 0. The van der Waals surface area contributed by atoms with Crippen LogP contribution in [-0.4, -0.2) is 4.52 Å². The molecule has 0 spiro atoms. The van der Waals surface area contributed by atoms with E-state index in [-0.39, 0.29) is 0 Å². The molecule has 0 fully saturated rings. The summed E-state index contributed by atoms with van der Waals surface area (Å²) in [4.78, 5) is 8.48. The zero-order valence-electron chi connectivity index (χ0n) is 3.23.